The van der Waals surface area contributed by atoms with Crippen LogP contribution in [0.15, 0.2) is 57.7 Å². The van der Waals surface area contributed by atoms with Crippen LogP contribution in [0.4, 0.5) is 0 Å². The lowest BCUT2D eigenvalue weighted by Crippen LogP contribution is -2.30. The molecule has 0 spiro atoms. The molecule has 4 rings (SSSR count). The summed E-state index contributed by atoms with van der Waals surface area (Å²) >= 11 is 0. The third-order valence-electron chi connectivity index (χ3n) is 3.77. The maximum Gasteiger partial charge on any atom is 0.420 e. The molecular formula is C17H14N4O3. The van der Waals surface area contributed by atoms with E-state index in [-0.39, 0.29) is 19.0 Å². The van der Waals surface area contributed by atoms with E-state index in [1.807, 2.05) is 24.3 Å². The minimum absolute atomic E-state index is 0.101. The Morgan fingerprint density at radius 3 is 2.83 bits per heavy atom. The fourth-order valence-electron chi connectivity index (χ4n) is 2.63. The third-order valence-corrected chi connectivity index (χ3v) is 3.77. The highest BCUT2D eigenvalue weighted by Crippen LogP contribution is 2.12. The van der Waals surface area contributed by atoms with Crippen molar-refractivity contribution >= 4 is 28.0 Å². The second kappa shape index (κ2) is 5.69. The van der Waals surface area contributed by atoms with Gasteiger partial charge in [0, 0.05) is 0 Å². The molecule has 2 heterocycles. The summed E-state index contributed by atoms with van der Waals surface area (Å²) in [5.41, 5.74) is 2.83. The Hall–Kier alpha value is -3.35. The van der Waals surface area contributed by atoms with Crippen molar-refractivity contribution in [2.45, 2.75) is 13.1 Å². The number of benzene rings is 2. The van der Waals surface area contributed by atoms with Crippen molar-refractivity contribution in [1.29, 1.82) is 0 Å². The molecule has 1 amide bonds. The summed E-state index contributed by atoms with van der Waals surface area (Å²) in [7, 11) is 0. The van der Waals surface area contributed by atoms with E-state index in [0.717, 1.165) is 11.0 Å². The Morgan fingerprint density at radius 1 is 1.17 bits per heavy atom. The van der Waals surface area contributed by atoms with Gasteiger partial charge >= 0.3 is 5.76 Å². The summed E-state index contributed by atoms with van der Waals surface area (Å²) < 4.78 is 6.42. The van der Waals surface area contributed by atoms with Gasteiger partial charge in [-0.1, -0.05) is 24.3 Å². The second-order valence-corrected chi connectivity index (χ2v) is 5.40. The summed E-state index contributed by atoms with van der Waals surface area (Å²) in [6, 6.07) is 14.6. The molecular weight excluding hydrogens is 308 g/mol. The predicted octanol–water partition coefficient (Wildman–Crippen LogP) is 1.79. The maximum atomic E-state index is 12.1. The Bertz CT molecular complexity index is 1060. The van der Waals surface area contributed by atoms with Crippen LogP contribution in [0.25, 0.3) is 22.1 Å². The van der Waals surface area contributed by atoms with Crippen LogP contribution in [-0.2, 0) is 17.9 Å². The van der Waals surface area contributed by atoms with Crippen molar-refractivity contribution < 1.29 is 9.21 Å². The number of aromatic amines is 1. The molecule has 7 nitrogen and oxygen atoms in total. The van der Waals surface area contributed by atoms with Crippen LogP contribution in [0.1, 0.15) is 5.82 Å². The van der Waals surface area contributed by atoms with Gasteiger partial charge in [0.2, 0.25) is 5.91 Å². The monoisotopic (exact) mass is 322 g/mol. The molecule has 2 aromatic carbocycles. The molecule has 0 aliphatic carbocycles. The van der Waals surface area contributed by atoms with Crippen LogP contribution in [-0.4, -0.2) is 20.4 Å². The lowest BCUT2D eigenvalue weighted by atomic mass is 10.3. The van der Waals surface area contributed by atoms with E-state index in [2.05, 4.69) is 15.3 Å². The van der Waals surface area contributed by atoms with Gasteiger partial charge < -0.3 is 14.7 Å². The third kappa shape index (κ3) is 2.56. The number of fused-ring (bicyclic) bond motifs is 2. The van der Waals surface area contributed by atoms with Gasteiger partial charge in [-0.2, -0.15) is 0 Å². The first-order valence-electron chi connectivity index (χ1n) is 7.49. The molecule has 0 saturated carbocycles. The summed E-state index contributed by atoms with van der Waals surface area (Å²) in [6.07, 6.45) is 0. The van der Waals surface area contributed by atoms with Gasteiger partial charge in [0.1, 0.15) is 12.4 Å². The topological polar surface area (TPSA) is 92.9 Å². The number of nitrogens with zero attached hydrogens (tertiary/aromatic N) is 2. The van der Waals surface area contributed by atoms with Crippen molar-refractivity contribution in [3.63, 3.8) is 0 Å². The highest BCUT2D eigenvalue weighted by molar-refractivity contribution is 5.79. The number of H-pyrrole nitrogens is 1. The number of aromatic nitrogens is 3. The first-order valence-corrected chi connectivity index (χ1v) is 7.49. The first-order chi connectivity index (χ1) is 11.7. The molecule has 0 unspecified atom stereocenters. The van der Waals surface area contributed by atoms with Crippen LogP contribution < -0.4 is 11.1 Å². The van der Waals surface area contributed by atoms with Crippen molar-refractivity contribution in [3.8, 4) is 0 Å². The molecule has 24 heavy (non-hydrogen) atoms. The van der Waals surface area contributed by atoms with E-state index in [1.165, 1.54) is 4.57 Å². The van der Waals surface area contributed by atoms with Gasteiger partial charge in [-0.25, -0.2) is 9.78 Å². The molecule has 0 saturated heterocycles. The number of carbonyl (C=O) groups excluding carboxylic acids is 1. The Balaban J connectivity index is 1.48. The van der Waals surface area contributed by atoms with Crippen LogP contribution in [0.5, 0.6) is 0 Å². The Morgan fingerprint density at radius 2 is 1.96 bits per heavy atom. The SMILES string of the molecule is O=C(Cn1c(=O)oc2ccccc21)NCc1nc2ccccc2[nH]1. The highest BCUT2D eigenvalue weighted by atomic mass is 16.4. The number of amides is 1. The zero-order chi connectivity index (χ0) is 16.5. The smallest absolute Gasteiger partial charge is 0.408 e. The van der Waals surface area contributed by atoms with Crippen molar-refractivity contribution in [2.24, 2.45) is 0 Å². The van der Waals surface area contributed by atoms with Crippen LogP contribution in [0, 0.1) is 0 Å². The van der Waals surface area contributed by atoms with Gasteiger partial charge in [0.05, 0.1) is 23.1 Å². The quantitative estimate of drug-likeness (QED) is 0.599. The van der Waals surface area contributed by atoms with Crippen molar-refractivity contribution in [3.05, 3.63) is 64.9 Å². The molecule has 2 N–H and O–H groups in total. The fourth-order valence-corrected chi connectivity index (χ4v) is 2.63. The van der Waals surface area contributed by atoms with E-state index in [0.29, 0.717) is 16.9 Å². The predicted molar refractivity (Wildman–Crippen MR) is 88.4 cm³/mol. The average Bonchev–Trinajstić information content (AvgIpc) is 3.14. The number of imidazole rings is 1. The standard InChI is InChI=1S/C17H14N4O3/c22-16(10-21-13-7-3-4-8-14(13)24-17(21)23)18-9-15-19-11-5-1-2-6-12(11)20-15/h1-8H,9-10H2,(H,18,22)(H,19,20). The fraction of sp³-hybridized carbons (Fsp3) is 0.118. The van der Waals surface area contributed by atoms with Gasteiger partial charge in [0.15, 0.2) is 5.58 Å². The first kappa shape index (κ1) is 14.3. The zero-order valence-electron chi connectivity index (χ0n) is 12.7. The molecule has 0 bridgehead atoms. The number of rotatable bonds is 4. The summed E-state index contributed by atoms with van der Waals surface area (Å²) in [4.78, 5) is 31.5. The lowest BCUT2D eigenvalue weighted by Gasteiger charge is -2.04. The zero-order valence-corrected chi connectivity index (χ0v) is 12.7. The molecule has 0 atom stereocenters. The molecule has 0 fully saturated rings. The van der Waals surface area contributed by atoms with E-state index in [4.69, 9.17) is 4.42 Å². The van der Waals surface area contributed by atoms with Crippen LogP contribution in [0.2, 0.25) is 0 Å². The van der Waals surface area contributed by atoms with Crippen LogP contribution in [0.3, 0.4) is 0 Å². The molecule has 2 aromatic heterocycles. The maximum absolute atomic E-state index is 12.1. The number of hydrogen-bond acceptors (Lipinski definition) is 4. The van der Waals surface area contributed by atoms with Crippen LogP contribution >= 0.6 is 0 Å². The summed E-state index contributed by atoms with van der Waals surface area (Å²) in [5, 5.41) is 2.76. The lowest BCUT2D eigenvalue weighted by molar-refractivity contribution is -0.121. The van der Waals surface area contributed by atoms with E-state index >= 15 is 0 Å². The number of nitrogens with one attached hydrogen (secondary N) is 2. The van der Waals surface area contributed by atoms with Gasteiger partial charge in [-0.3, -0.25) is 9.36 Å². The van der Waals surface area contributed by atoms with E-state index < -0.39 is 5.76 Å². The van der Waals surface area contributed by atoms with E-state index in [1.54, 1.807) is 24.3 Å². The number of oxazole rings is 1. The Labute approximate surface area is 135 Å². The molecule has 0 radical (unpaired) electrons. The molecule has 4 aromatic rings. The number of hydrogen-bond donors (Lipinski definition) is 2. The molecule has 0 aliphatic heterocycles. The minimum atomic E-state index is -0.546. The average molecular weight is 322 g/mol. The second-order valence-electron chi connectivity index (χ2n) is 5.40. The van der Waals surface area contributed by atoms with Crippen molar-refractivity contribution in [1.82, 2.24) is 19.9 Å². The highest BCUT2D eigenvalue weighted by Gasteiger charge is 2.12. The Kier molecular flexibility index (Phi) is 3.38. The van der Waals surface area contributed by atoms with Gasteiger partial charge in [-0.15, -0.1) is 0 Å². The van der Waals surface area contributed by atoms with E-state index in [9.17, 15) is 9.59 Å². The molecule has 0 aliphatic rings. The van der Waals surface area contributed by atoms with Gasteiger partial charge in [0.25, 0.3) is 0 Å². The largest absolute Gasteiger partial charge is 0.420 e. The normalized spacial score (nSPS) is 11.2. The van der Waals surface area contributed by atoms with Crippen molar-refractivity contribution in [2.75, 3.05) is 0 Å². The molecule has 7 heteroatoms. The summed E-state index contributed by atoms with van der Waals surface area (Å²) in [6.45, 7) is 0.161. The number of para-hydroxylation sites is 4. The molecule has 120 valence electrons. The number of carbonyl (C=O) groups is 1. The van der Waals surface area contributed by atoms with Gasteiger partial charge in [-0.05, 0) is 24.3 Å². The minimum Gasteiger partial charge on any atom is -0.408 e. The summed E-state index contributed by atoms with van der Waals surface area (Å²) in [5.74, 6) is -0.173.